The molecule has 4 nitrogen and oxygen atoms in total. The molecule has 5 heteroatoms. The van der Waals surface area contributed by atoms with Gasteiger partial charge >= 0.3 is 0 Å². The van der Waals surface area contributed by atoms with E-state index < -0.39 is 0 Å². The highest BCUT2D eigenvalue weighted by atomic mass is 35.5. The first kappa shape index (κ1) is 15.3. The zero-order valence-corrected chi connectivity index (χ0v) is 13.1. The van der Waals surface area contributed by atoms with Crippen molar-refractivity contribution in [1.29, 1.82) is 0 Å². The zero-order chi connectivity index (χ0) is 14.1. The van der Waals surface area contributed by atoms with E-state index in [1.165, 1.54) is 5.56 Å². The number of allylic oxidation sites excluding steroid dienone is 1. The van der Waals surface area contributed by atoms with Gasteiger partial charge in [-0.2, -0.15) is 0 Å². The van der Waals surface area contributed by atoms with Crippen LogP contribution in [0.25, 0.3) is 6.08 Å². The van der Waals surface area contributed by atoms with Gasteiger partial charge in [-0.05, 0) is 43.7 Å². The predicted molar refractivity (Wildman–Crippen MR) is 87.8 cm³/mol. The Morgan fingerprint density at radius 1 is 1.14 bits per heavy atom. The van der Waals surface area contributed by atoms with E-state index in [2.05, 4.69) is 27.0 Å². The Bertz CT molecular complexity index is 668. The average molecular weight is 304 g/mol. The molecule has 0 fully saturated rings. The molecule has 1 aliphatic carbocycles. The lowest BCUT2D eigenvalue weighted by Crippen LogP contribution is -2.15. The van der Waals surface area contributed by atoms with Crippen LogP contribution in [0.1, 0.15) is 17.1 Å². The Balaban J connectivity index is 0.00000161. The maximum absolute atomic E-state index is 5.19. The van der Waals surface area contributed by atoms with Crippen LogP contribution in [0, 0.1) is 6.92 Å². The van der Waals surface area contributed by atoms with E-state index in [0.29, 0.717) is 0 Å². The fourth-order valence-electron chi connectivity index (χ4n) is 2.43. The van der Waals surface area contributed by atoms with Crippen molar-refractivity contribution < 1.29 is 4.74 Å². The number of nitrogens with zero attached hydrogens (tertiary/aromatic N) is 3. The quantitative estimate of drug-likeness (QED) is 0.869. The minimum absolute atomic E-state index is 0. The standard InChI is InChI=1S/C16H17N3O.ClH/c1-11-17-15-6-4-5-14(15)16(18-11)19(2)12-7-9-13(20-3)10-8-12;/h4,6-10H,5H2,1-3H3;1H. The number of rotatable bonds is 3. The first-order valence-electron chi connectivity index (χ1n) is 6.61. The average Bonchev–Trinajstić information content (AvgIpc) is 2.94. The summed E-state index contributed by atoms with van der Waals surface area (Å²) in [5, 5.41) is 0. The number of ether oxygens (including phenoxy) is 1. The first-order chi connectivity index (χ1) is 9.69. The summed E-state index contributed by atoms with van der Waals surface area (Å²) in [5.41, 5.74) is 3.31. The van der Waals surface area contributed by atoms with Gasteiger partial charge in [0.2, 0.25) is 0 Å². The number of methoxy groups -OCH3 is 1. The molecule has 0 atom stereocenters. The van der Waals surface area contributed by atoms with Gasteiger partial charge in [0.1, 0.15) is 17.4 Å². The van der Waals surface area contributed by atoms with Gasteiger partial charge < -0.3 is 9.64 Å². The molecule has 1 aromatic heterocycles. The first-order valence-corrected chi connectivity index (χ1v) is 6.61. The number of fused-ring (bicyclic) bond motifs is 1. The van der Waals surface area contributed by atoms with Crippen LogP contribution in [-0.2, 0) is 6.42 Å². The van der Waals surface area contributed by atoms with Crippen molar-refractivity contribution in [2.24, 2.45) is 0 Å². The molecule has 21 heavy (non-hydrogen) atoms. The van der Waals surface area contributed by atoms with Gasteiger partial charge in [-0.25, -0.2) is 9.97 Å². The summed E-state index contributed by atoms with van der Waals surface area (Å²) in [5.74, 6) is 2.63. The summed E-state index contributed by atoms with van der Waals surface area (Å²) in [6.07, 6.45) is 5.09. The normalized spacial score (nSPS) is 11.8. The Morgan fingerprint density at radius 3 is 2.52 bits per heavy atom. The second kappa shape index (κ2) is 6.14. The lowest BCUT2D eigenvalue weighted by atomic mass is 10.2. The summed E-state index contributed by atoms with van der Waals surface area (Å²) in [6, 6.07) is 7.98. The van der Waals surface area contributed by atoms with Crippen molar-refractivity contribution in [2.75, 3.05) is 19.1 Å². The lowest BCUT2D eigenvalue weighted by molar-refractivity contribution is 0.415. The van der Waals surface area contributed by atoms with E-state index >= 15 is 0 Å². The van der Waals surface area contributed by atoms with Gasteiger partial charge in [0, 0.05) is 18.3 Å². The molecule has 0 unspecified atom stereocenters. The molecule has 0 spiro atoms. The number of hydrogen-bond acceptors (Lipinski definition) is 4. The molecule has 1 aromatic carbocycles. The van der Waals surface area contributed by atoms with E-state index in [4.69, 9.17) is 4.74 Å². The molecule has 0 bridgehead atoms. The van der Waals surface area contributed by atoms with Gasteiger partial charge in [0.25, 0.3) is 0 Å². The monoisotopic (exact) mass is 303 g/mol. The van der Waals surface area contributed by atoms with E-state index in [1.807, 2.05) is 38.2 Å². The third kappa shape index (κ3) is 2.85. The van der Waals surface area contributed by atoms with Crippen LogP contribution >= 0.6 is 12.4 Å². The van der Waals surface area contributed by atoms with Crippen LogP contribution in [0.5, 0.6) is 5.75 Å². The molecule has 0 saturated carbocycles. The number of halogens is 1. The molecule has 110 valence electrons. The number of benzene rings is 1. The second-order valence-electron chi connectivity index (χ2n) is 4.82. The molecule has 1 heterocycles. The minimum Gasteiger partial charge on any atom is -0.497 e. The third-order valence-corrected chi connectivity index (χ3v) is 3.50. The van der Waals surface area contributed by atoms with Crippen molar-refractivity contribution in [2.45, 2.75) is 13.3 Å². The van der Waals surface area contributed by atoms with Gasteiger partial charge in [-0.15, -0.1) is 12.4 Å². The van der Waals surface area contributed by atoms with E-state index in [-0.39, 0.29) is 12.4 Å². The summed E-state index contributed by atoms with van der Waals surface area (Å²) >= 11 is 0. The summed E-state index contributed by atoms with van der Waals surface area (Å²) in [7, 11) is 3.70. The number of anilines is 2. The van der Waals surface area contributed by atoms with Crippen LogP contribution in [0.4, 0.5) is 11.5 Å². The second-order valence-corrected chi connectivity index (χ2v) is 4.82. The molecular weight excluding hydrogens is 286 g/mol. The smallest absolute Gasteiger partial charge is 0.140 e. The van der Waals surface area contributed by atoms with E-state index in [9.17, 15) is 0 Å². The van der Waals surface area contributed by atoms with Crippen LogP contribution < -0.4 is 9.64 Å². The summed E-state index contributed by atoms with van der Waals surface area (Å²) in [4.78, 5) is 11.2. The van der Waals surface area contributed by atoms with Gasteiger partial charge in [-0.1, -0.05) is 6.08 Å². The van der Waals surface area contributed by atoms with Crippen LogP contribution in [0.15, 0.2) is 30.3 Å². The predicted octanol–water partition coefficient (Wildman–Crippen LogP) is 3.55. The van der Waals surface area contributed by atoms with Crippen molar-refractivity contribution in [3.8, 4) is 5.75 Å². The largest absolute Gasteiger partial charge is 0.497 e. The molecule has 2 aromatic rings. The van der Waals surface area contributed by atoms with Crippen LogP contribution in [0.3, 0.4) is 0 Å². The molecule has 0 radical (unpaired) electrons. The Labute approximate surface area is 130 Å². The minimum atomic E-state index is 0. The molecular formula is C16H18ClN3O. The van der Waals surface area contributed by atoms with Crippen molar-refractivity contribution in [3.05, 3.63) is 47.4 Å². The van der Waals surface area contributed by atoms with Crippen molar-refractivity contribution >= 4 is 30.0 Å². The van der Waals surface area contributed by atoms with Crippen LogP contribution in [0.2, 0.25) is 0 Å². The Hall–Kier alpha value is -2.07. The van der Waals surface area contributed by atoms with Gasteiger partial charge in [-0.3, -0.25) is 0 Å². The highest BCUT2D eigenvalue weighted by Crippen LogP contribution is 2.31. The van der Waals surface area contributed by atoms with Gasteiger partial charge in [0.05, 0.1) is 12.8 Å². The highest BCUT2D eigenvalue weighted by molar-refractivity contribution is 5.85. The third-order valence-electron chi connectivity index (χ3n) is 3.50. The molecule has 0 aliphatic heterocycles. The van der Waals surface area contributed by atoms with Gasteiger partial charge in [0.15, 0.2) is 0 Å². The molecule has 1 aliphatic rings. The van der Waals surface area contributed by atoms with E-state index in [0.717, 1.165) is 35.2 Å². The topological polar surface area (TPSA) is 38.2 Å². The molecule has 0 amide bonds. The lowest BCUT2D eigenvalue weighted by Gasteiger charge is -2.21. The fourth-order valence-corrected chi connectivity index (χ4v) is 2.43. The highest BCUT2D eigenvalue weighted by Gasteiger charge is 2.18. The van der Waals surface area contributed by atoms with Crippen LogP contribution in [-0.4, -0.2) is 24.1 Å². The zero-order valence-electron chi connectivity index (χ0n) is 12.3. The van der Waals surface area contributed by atoms with Crippen molar-refractivity contribution in [3.63, 3.8) is 0 Å². The fraction of sp³-hybridized carbons (Fsp3) is 0.250. The SMILES string of the molecule is COc1ccc(N(C)c2nc(C)nc3c2CC=C3)cc1.Cl. The number of hydrogen-bond donors (Lipinski definition) is 0. The molecule has 3 rings (SSSR count). The Kier molecular flexibility index (Phi) is 4.48. The molecule has 0 N–H and O–H groups in total. The summed E-state index contributed by atoms with van der Waals surface area (Å²) < 4.78 is 5.19. The maximum Gasteiger partial charge on any atom is 0.140 e. The Morgan fingerprint density at radius 2 is 1.86 bits per heavy atom. The van der Waals surface area contributed by atoms with Crippen molar-refractivity contribution in [1.82, 2.24) is 9.97 Å². The molecule has 0 saturated heterocycles. The number of aryl methyl sites for hydroxylation is 1. The maximum atomic E-state index is 5.19. The van der Waals surface area contributed by atoms with E-state index in [1.54, 1.807) is 7.11 Å². The summed E-state index contributed by atoms with van der Waals surface area (Å²) in [6.45, 7) is 1.93. The number of aromatic nitrogens is 2.